The molecule has 4 aromatic rings. The van der Waals surface area contributed by atoms with Crippen molar-refractivity contribution in [3.05, 3.63) is 148 Å². The summed E-state index contributed by atoms with van der Waals surface area (Å²) in [7, 11) is 0. The van der Waals surface area contributed by atoms with E-state index in [0.717, 1.165) is 0 Å². The molecule has 4 nitrogen and oxygen atoms in total. The van der Waals surface area contributed by atoms with Crippen LogP contribution in [0.1, 0.15) is 0 Å². The van der Waals surface area contributed by atoms with Gasteiger partial charge in [-0.3, -0.25) is 0 Å². The van der Waals surface area contributed by atoms with Crippen LogP contribution in [0.2, 0.25) is 10.4 Å². The summed E-state index contributed by atoms with van der Waals surface area (Å²) < 4.78 is 36.3. The summed E-state index contributed by atoms with van der Waals surface area (Å²) in [5.74, 6) is 0. The second-order valence-corrected chi connectivity index (χ2v) is 16.4. The minimum atomic E-state index is -1.30. The molecule has 0 aliphatic carbocycles. The fourth-order valence-corrected chi connectivity index (χ4v) is 16.5. The van der Waals surface area contributed by atoms with Crippen molar-refractivity contribution < 1.29 is 36.0 Å². The molecule has 0 aromatic heterocycles. The summed E-state index contributed by atoms with van der Waals surface area (Å²) in [6, 6.07) is 44.9. The molecule has 0 saturated carbocycles. The normalized spacial score (nSPS) is 8.59. The molecule has 7 heteroatoms. The summed E-state index contributed by atoms with van der Waals surface area (Å²) in [6.45, 7) is 18.0. The zero-order valence-corrected chi connectivity index (χ0v) is 24.9. The summed E-state index contributed by atoms with van der Waals surface area (Å²) in [4.78, 5) is 0. The Hall–Kier alpha value is -2.51. The van der Waals surface area contributed by atoms with E-state index in [9.17, 15) is 0 Å². The summed E-state index contributed by atoms with van der Waals surface area (Å²) in [6.07, 6.45) is 0. The van der Waals surface area contributed by atoms with Crippen LogP contribution in [0, 0.1) is 26.6 Å². The van der Waals surface area contributed by atoms with Crippen molar-refractivity contribution in [2.45, 2.75) is 10.4 Å². The van der Waals surface area contributed by atoms with E-state index in [0.29, 0.717) is 0 Å². The number of hydrogen-bond acceptors (Lipinski definition) is 0. The molecule has 0 N–H and O–H groups in total. The third kappa shape index (κ3) is 13.0. The third-order valence-corrected chi connectivity index (χ3v) is 17.0. The standard InChI is InChI=1S/C26H24As2.4CO.Cr/c1-5-13-23(14-6-1)27(24-15-7-2-8-16-24)21-22-28(25-17-9-3-10-18-25)26-19-11-4-12-20-26;4*1-2;/h1-20H,21-22H2;;;;;. The Labute approximate surface area is 239 Å². The first-order valence-electron chi connectivity index (χ1n) is 10.5. The van der Waals surface area contributed by atoms with Crippen molar-refractivity contribution in [2.75, 3.05) is 0 Å². The fraction of sp³-hybridized carbons (Fsp3) is 0.0667. The van der Waals surface area contributed by atoms with Gasteiger partial charge in [-0.05, 0) is 0 Å². The van der Waals surface area contributed by atoms with Gasteiger partial charge in [0.2, 0.25) is 0 Å². The predicted octanol–water partition coefficient (Wildman–Crippen LogP) is 3.45. The van der Waals surface area contributed by atoms with Gasteiger partial charge in [0, 0.05) is 17.4 Å². The van der Waals surface area contributed by atoms with Crippen LogP contribution in [0.25, 0.3) is 0 Å². The van der Waals surface area contributed by atoms with Gasteiger partial charge in [-0.25, -0.2) is 0 Å². The van der Waals surface area contributed by atoms with E-state index in [1.807, 2.05) is 0 Å². The summed E-state index contributed by atoms with van der Waals surface area (Å²) in [5, 5.41) is 2.65. The Morgan fingerprint density at radius 3 is 0.676 bits per heavy atom. The van der Waals surface area contributed by atoms with Gasteiger partial charge < -0.3 is 0 Å². The summed E-state index contributed by atoms with van der Waals surface area (Å²) >= 11 is -2.60. The summed E-state index contributed by atoms with van der Waals surface area (Å²) in [5.41, 5.74) is 0. The van der Waals surface area contributed by atoms with Gasteiger partial charge >= 0.3 is 224 Å². The van der Waals surface area contributed by atoms with E-state index in [2.05, 4.69) is 148 Å². The number of benzene rings is 4. The molecule has 0 aliphatic heterocycles. The molecule has 0 atom stereocenters. The monoisotopic (exact) mass is 650 g/mol. The molecule has 0 saturated heterocycles. The molecule has 0 bridgehead atoms. The Morgan fingerprint density at radius 1 is 0.351 bits per heavy atom. The zero-order chi connectivity index (χ0) is 27.0. The Kier molecular flexibility index (Phi) is 24.9. The van der Waals surface area contributed by atoms with Gasteiger partial charge in [-0.15, -0.1) is 0 Å². The van der Waals surface area contributed by atoms with Crippen LogP contribution < -0.4 is 17.4 Å². The number of rotatable bonds is 7. The maximum atomic E-state index is 7.50. The molecule has 0 unspecified atom stereocenters. The van der Waals surface area contributed by atoms with Crippen molar-refractivity contribution >= 4 is 46.7 Å². The van der Waals surface area contributed by atoms with E-state index in [-0.39, 0.29) is 17.4 Å². The average molecular weight is 650 g/mol. The molecule has 4 aromatic carbocycles. The van der Waals surface area contributed by atoms with E-state index < -0.39 is 29.3 Å². The van der Waals surface area contributed by atoms with Crippen molar-refractivity contribution in [1.82, 2.24) is 0 Å². The van der Waals surface area contributed by atoms with E-state index in [1.54, 1.807) is 17.4 Å². The van der Waals surface area contributed by atoms with Crippen LogP contribution in [0.5, 0.6) is 0 Å². The molecular weight excluding hydrogens is 626 g/mol. The van der Waals surface area contributed by atoms with Crippen LogP contribution >= 0.6 is 0 Å². The van der Waals surface area contributed by atoms with Gasteiger partial charge in [0.15, 0.2) is 0 Å². The van der Waals surface area contributed by atoms with Gasteiger partial charge in [0.1, 0.15) is 0 Å². The topological polar surface area (TPSA) is 79.6 Å². The van der Waals surface area contributed by atoms with Crippen LogP contribution in [-0.2, 0) is 36.0 Å². The molecule has 0 amide bonds. The van der Waals surface area contributed by atoms with Crippen molar-refractivity contribution in [3.8, 4) is 0 Å². The first kappa shape index (κ1) is 36.6. The molecule has 0 radical (unpaired) electrons. The molecule has 0 fully saturated rings. The van der Waals surface area contributed by atoms with E-state index in [4.69, 9.17) is 18.6 Å². The molecule has 4 rings (SSSR count). The Morgan fingerprint density at radius 2 is 0.514 bits per heavy atom. The van der Waals surface area contributed by atoms with Gasteiger partial charge in [0.25, 0.3) is 0 Å². The second-order valence-electron chi connectivity index (χ2n) is 6.65. The van der Waals surface area contributed by atoms with Crippen molar-refractivity contribution in [2.24, 2.45) is 0 Å². The van der Waals surface area contributed by atoms with Crippen LogP contribution in [0.3, 0.4) is 0 Å². The van der Waals surface area contributed by atoms with Crippen LogP contribution in [0.4, 0.5) is 0 Å². The molecule has 0 aliphatic rings. The molecule has 184 valence electrons. The third-order valence-electron chi connectivity index (χ3n) is 4.82. The predicted molar refractivity (Wildman–Crippen MR) is 141 cm³/mol. The zero-order valence-electron chi connectivity index (χ0n) is 19.9. The van der Waals surface area contributed by atoms with Gasteiger partial charge in [-0.2, -0.15) is 0 Å². The van der Waals surface area contributed by atoms with E-state index in [1.165, 1.54) is 10.4 Å². The van der Waals surface area contributed by atoms with Gasteiger partial charge in [-0.1, -0.05) is 0 Å². The SMILES string of the molecule is [C-]#[O+].[C-]#[O+].[C-]#[O+].[C-]#[O+].[Cr].c1ccc([As](CC[As](c2ccccc2)c2ccccc2)c2ccccc2)cc1. The van der Waals surface area contributed by atoms with Crippen molar-refractivity contribution in [3.63, 3.8) is 0 Å². The molecule has 0 spiro atoms. The average Bonchev–Trinajstić information content (AvgIpc) is 3.01. The first-order chi connectivity index (χ1) is 17.9. The van der Waals surface area contributed by atoms with Gasteiger partial charge in [0.05, 0.1) is 0 Å². The fourth-order valence-electron chi connectivity index (χ4n) is 3.45. The Bertz CT molecular complexity index is 964. The Balaban J connectivity index is 0. The minimum absolute atomic E-state index is 0. The van der Waals surface area contributed by atoms with Crippen molar-refractivity contribution in [1.29, 1.82) is 0 Å². The molecule has 0 heterocycles. The van der Waals surface area contributed by atoms with E-state index >= 15 is 0 Å². The molecular formula is C30H24As2CrO4. The number of hydrogen-bond donors (Lipinski definition) is 0. The second kappa shape index (κ2) is 25.2. The quantitative estimate of drug-likeness (QED) is 0.167. The first-order valence-corrected chi connectivity index (χ1v) is 16.9. The van der Waals surface area contributed by atoms with Crippen LogP contribution in [0.15, 0.2) is 121 Å². The molecule has 37 heavy (non-hydrogen) atoms. The van der Waals surface area contributed by atoms with Crippen LogP contribution in [-0.4, -0.2) is 29.3 Å². The maximum absolute atomic E-state index is 7.50.